The molecule has 1 N–H and O–H groups in total. The lowest BCUT2D eigenvalue weighted by Crippen LogP contribution is -2.03. The fraction of sp³-hybridized carbons (Fsp3) is 0.179. The molecular formula is C28H26ClN3O5S. The van der Waals surface area contributed by atoms with Crippen LogP contribution >= 0.6 is 23.4 Å². The highest BCUT2D eigenvalue weighted by Crippen LogP contribution is 2.33. The number of hydrogen-bond acceptors (Lipinski definition) is 7. The van der Waals surface area contributed by atoms with Crippen LogP contribution in [0.3, 0.4) is 0 Å². The predicted molar refractivity (Wildman–Crippen MR) is 148 cm³/mol. The van der Waals surface area contributed by atoms with Crippen LogP contribution in [0.5, 0.6) is 17.2 Å². The Balaban J connectivity index is 1.53. The van der Waals surface area contributed by atoms with Crippen LogP contribution in [0.25, 0.3) is 17.5 Å². The number of aliphatic carboxylic acids is 1. The highest BCUT2D eigenvalue weighted by atomic mass is 35.5. The Morgan fingerprint density at radius 1 is 0.974 bits per heavy atom. The van der Waals surface area contributed by atoms with Crippen LogP contribution in [0.1, 0.15) is 18.1 Å². The van der Waals surface area contributed by atoms with Crippen LogP contribution in [0.4, 0.5) is 0 Å². The van der Waals surface area contributed by atoms with Crippen LogP contribution < -0.4 is 14.2 Å². The molecule has 0 saturated carbocycles. The molecule has 10 heteroatoms. The van der Waals surface area contributed by atoms with Gasteiger partial charge in [0.1, 0.15) is 28.8 Å². The Hall–Kier alpha value is -3.95. The molecule has 0 atom stereocenters. The molecule has 0 aliphatic heterocycles. The monoisotopic (exact) mass is 551 g/mol. The molecule has 0 saturated heterocycles. The summed E-state index contributed by atoms with van der Waals surface area (Å²) in [5.74, 6) is 1.43. The van der Waals surface area contributed by atoms with Gasteiger partial charge in [0.15, 0.2) is 11.0 Å². The molecule has 3 aromatic carbocycles. The molecule has 0 radical (unpaired) electrons. The zero-order valence-corrected chi connectivity index (χ0v) is 22.6. The quantitative estimate of drug-likeness (QED) is 0.168. The maximum atomic E-state index is 12.1. The van der Waals surface area contributed by atoms with Gasteiger partial charge in [-0.1, -0.05) is 35.9 Å². The molecule has 8 nitrogen and oxygen atoms in total. The number of aromatic nitrogens is 3. The Morgan fingerprint density at radius 3 is 2.21 bits per heavy atom. The van der Waals surface area contributed by atoms with Crippen molar-refractivity contribution in [3.05, 3.63) is 87.8 Å². The molecule has 0 spiro atoms. The Labute approximate surface area is 229 Å². The van der Waals surface area contributed by atoms with E-state index in [4.69, 9.17) is 25.8 Å². The van der Waals surface area contributed by atoms with Gasteiger partial charge in [0, 0.05) is 23.2 Å². The first kappa shape index (κ1) is 27.1. The van der Waals surface area contributed by atoms with Crippen molar-refractivity contribution in [1.29, 1.82) is 0 Å². The minimum Gasteiger partial charge on any atom is -0.497 e. The van der Waals surface area contributed by atoms with E-state index < -0.39 is 5.97 Å². The van der Waals surface area contributed by atoms with E-state index in [0.29, 0.717) is 52.0 Å². The van der Waals surface area contributed by atoms with E-state index in [-0.39, 0.29) is 4.91 Å². The van der Waals surface area contributed by atoms with Crippen molar-refractivity contribution in [3.63, 3.8) is 0 Å². The molecule has 38 heavy (non-hydrogen) atoms. The number of halogens is 1. The first-order chi connectivity index (χ1) is 18.4. The van der Waals surface area contributed by atoms with Gasteiger partial charge in [-0.2, -0.15) is 0 Å². The number of benzene rings is 3. The largest absolute Gasteiger partial charge is 0.497 e. The number of carboxylic acids is 1. The SMILES string of the molecule is CCn1c(S/C(=C\c2ccc(OCc3ccc(Cl)cc3)cc2)C(=O)O)nnc1-c1cc(OC)cc(OC)c1. The van der Waals surface area contributed by atoms with Crippen LogP contribution in [0.15, 0.2) is 76.8 Å². The van der Waals surface area contributed by atoms with E-state index in [1.807, 2.05) is 47.9 Å². The highest BCUT2D eigenvalue weighted by Gasteiger charge is 2.19. The van der Waals surface area contributed by atoms with Crippen molar-refractivity contribution in [3.8, 4) is 28.6 Å². The molecule has 0 aliphatic rings. The molecule has 4 aromatic rings. The Bertz CT molecular complexity index is 1410. The molecule has 196 valence electrons. The van der Waals surface area contributed by atoms with Gasteiger partial charge >= 0.3 is 5.97 Å². The summed E-state index contributed by atoms with van der Waals surface area (Å²) in [6, 6.07) is 20.1. The Kier molecular flexibility index (Phi) is 8.93. The third kappa shape index (κ3) is 6.67. The second-order valence-electron chi connectivity index (χ2n) is 8.05. The minimum absolute atomic E-state index is 0.108. The number of carboxylic acid groups (broad SMARTS) is 1. The third-order valence-electron chi connectivity index (χ3n) is 5.55. The topological polar surface area (TPSA) is 95.7 Å². The summed E-state index contributed by atoms with van der Waals surface area (Å²) < 4.78 is 18.4. The molecular weight excluding hydrogens is 526 g/mol. The molecule has 0 aliphatic carbocycles. The number of carbonyl (C=O) groups is 1. The van der Waals surface area contributed by atoms with Crippen molar-refractivity contribution >= 4 is 35.4 Å². The van der Waals surface area contributed by atoms with Gasteiger partial charge in [-0.3, -0.25) is 0 Å². The summed E-state index contributed by atoms with van der Waals surface area (Å²) in [5.41, 5.74) is 2.46. The summed E-state index contributed by atoms with van der Waals surface area (Å²) in [7, 11) is 3.15. The van der Waals surface area contributed by atoms with Gasteiger partial charge in [-0.15, -0.1) is 10.2 Å². The van der Waals surface area contributed by atoms with E-state index in [1.54, 1.807) is 50.6 Å². The number of hydrogen-bond donors (Lipinski definition) is 1. The van der Waals surface area contributed by atoms with E-state index in [0.717, 1.165) is 22.9 Å². The zero-order valence-electron chi connectivity index (χ0n) is 21.1. The fourth-order valence-corrected chi connectivity index (χ4v) is 4.60. The fourth-order valence-electron chi connectivity index (χ4n) is 3.59. The molecule has 0 bridgehead atoms. The van der Waals surface area contributed by atoms with Gasteiger partial charge in [-0.25, -0.2) is 4.79 Å². The maximum Gasteiger partial charge on any atom is 0.342 e. The predicted octanol–water partition coefficient (Wildman–Crippen LogP) is 6.43. The van der Waals surface area contributed by atoms with Crippen molar-refractivity contribution < 1.29 is 24.1 Å². The molecule has 1 heterocycles. The number of ether oxygens (including phenoxy) is 3. The van der Waals surface area contributed by atoms with Crippen molar-refractivity contribution in [2.24, 2.45) is 0 Å². The van der Waals surface area contributed by atoms with Crippen molar-refractivity contribution in [2.75, 3.05) is 14.2 Å². The number of nitrogens with zero attached hydrogens (tertiary/aromatic N) is 3. The lowest BCUT2D eigenvalue weighted by atomic mass is 10.2. The highest BCUT2D eigenvalue weighted by molar-refractivity contribution is 8.04. The number of rotatable bonds is 11. The average Bonchev–Trinajstić information content (AvgIpc) is 3.35. The van der Waals surface area contributed by atoms with Gasteiger partial charge in [0.25, 0.3) is 0 Å². The van der Waals surface area contributed by atoms with E-state index in [1.165, 1.54) is 0 Å². The summed E-state index contributed by atoms with van der Waals surface area (Å²) in [6.07, 6.45) is 1.60. The van der Waals surface area contributed by atoms with Crippen LogP contribution in [0, 0.1) is 0 Å². The first-order valence-electron chi connectivity index (χ1n) is 11.7. The Morgan fingerprint density at radius 2 is 1.63 bits per heavy atom. The van der Waals surface area contributed by atoms with Gasteiger partial charge < -0.3 is 23.9 Å². The second kappa shape index (κ2) is 12.5. The average molecular weight is 552 g/mol. The van der Waals surface area contributed by atoms with Crippen LogP contribution in [-0.4, -0.2) is 40.1 Å². The van der Waals surface area contributed by atoms with E-state index in [9.17, 15) is 9.90 Å². The van der Waals surface area contributed by atoms with Gasteiger partial charge in [-0.05, 0) is 72.3 Å². The number of thioether (sulfide) groups is 1. The lowest BCUT2D eigenvalue weighted by molar-refractivity contribution is -0.131. The van der Waals surface area contributed by atoms with Crippen LogP contribution in [-0.2, 0) is 17.9 Å². The first-order valence-corrected chi connectivity index (χ1v) is 12.9. The normalized spacial score (nSPS) is 11.3. The summed E-state index contributed by atoms with van der Waals surface area (Å²) in [6.45, 7) is 2.88. The maximum absolute atomic E-state index is 12.1. The van der Waals surface area contributed by atoms with E-state index in [2.05, 4.69) is 10.2 Å². The lowest BCUT2D eigenvalue weighted by Gasteiger charge is -2.10. The second-order valence-corrected chi connectivity index (χ2v) is 9.50. The van der Waals surface area contributed by atoms with Crippen molar-refractivity contribution in [1.82, 2.24) is 14.8 Å². The summed E-state index contributed by atoms with van der Waals surface area (Å²) in [5, 5.41) is 19.6. The van der Waals surface area contributed by atoms with Gasteiger partial charge in [0.2, 0.25) is 0 Å². The third-order valence-corrected chi connectivity index (χ3v) is 6.80. The van der Waals surface area contributed by atoms with Crippen LogP contribution in [0.2, 0.25) is 5.02 Å². The molecule has 0 unspecified atom stereocenters. The zero-order chi connectivity index (χ0) is 27.1. The molecule has 4 rings (SSSR count). The van der Waals surface area contributed by atoms with Gasteiger partial charge in [0.05, 0.1) is 14.2 Å². The molecule has 0 amide bonds. The number of methoxy groups -OCH3 is 2. The standard InChI is InChI=1S/C28H26ClN3O5S/c1-4-32-26(20-14-23(35-2)16-24(15-20)36-3)30-31-28(32)38-25(27(33)34)13-18-7-11-22(12-8-18)37-17-19-5-9-21(29)10-6-19/h5-16H,4,17H2,1-3H3,(H,33,34)/b25-13-. The summed E-state index contributed by atoms with van der Waals surface area (Å²) in [4.78, 5) is 12.2. The minimum atomic E-state index is -1.06. The summed E-state index contributed by atoms with van der Waals surface area (Å²) >= 11 is 6.96. The smallest absolute Gasteiger partial charge is 0.342 e. The van der Waals surface area contributed by atoms with E-state index >= 15 is 0 Å². The molecule has 1 aromatic heterocycles. The molecule has 0 fully saturated rings. The van der Waals surface area contributed by atoms with Crippen molar-refractivity contribution in [2.45, 2.75) is 25.2 Å².